The van der Waals surface area contributed by atoms with E-state index < -0.39 is 0 Å². The van der Waals surface area contributed by atoms with E-state index in [0.29, 0.717) is 17.3 Å². The second-order valence-electron chi connectivity index (χ2n) is 3.59. The molecule has 5 nitrogen and oxygen atoms in total. The summed E-state index contributed by atoms with van der Waals surface area (Å²) in [6.07, 6.45) is 0. The third-order valence-electron chi connectivity index (χ3n) is 2.59. The summed E-state index contributed by atoms with van der Waals surface area (Å²) < 4.78 is 15.7. The Labute approximate surface area is 99.1 Å². The van der Waals surface area contributed by atoms with Crippen LogP contribution in [0.3, 0.4) is 0 Å². The van der Waals surface area contributed by atoms with Crippen LogP contribution < -0.4 is 15.2 Å². The molecule has 0 aliphatic carbocycles. The van der Waals surface area contributed by atoms with Gasteiger partial charge in [-0.3, -0.25) is 0 Å². The minimum absolute atomic E-state index is 0.337. The van der Waals surface area contributed by atoms with Crippen molar-refractivity contribution in [2.45, 2.75) is 6.92 Å². The predicted octanol–water partition coefficient (Wildman–Crippen LogP) is 2.25. The zero-order chi connectivity index (χ0) is 12.4. The Morgan fingerprint density at radius 2 is 1.82 bits per heavy atom. The highest BCUT2D eigenvalue weighted by Gasteiger charge is 2.17. The zero-order valence-corrected chi connectivity index (χ0v) is 9.98. The fourth-order valence-corrected chi connectivity index (χ4v) is 1.77. The maximum atomic E-state index is 5.55. The summed E-state index contributed by atoms with van der Waals surface area (Å²) in [5.74, 6) is 2.36. The van der Waals surface area contributed by atoms with E-state index in [1.165, 1.54) is 0 Å². The second-order valence-corrected chi connectivity index (χ2v) is 3.59. The molecule has 0 bridgehead atoms. The van der Waals surface area contributed by atoms with Crippen molar-refractivity contribution in [3.05, 3.63) is 23.8 Å². The lowest BCUT2D eigenvalue weighted by Gasteiger charge is -2.12. The highest BCUT2D eigenvalue weighted by Crippen LogP contribution is 2.38. The molecule has 0 aliphatic heterocycles. The van der Waals surface area contributed by atoms with Crippen molar-refractivity contribution in [3.63, 3.8) is 0 Å². The highest BCUT2D eigenvalue weighted by molar-refractivity contribution is 5.73. The van der Waals surface area contributed by atoms with Crippen LogP contribution in [-0.4, -0.2) is 19.4 Å². The number of hydrogen-bond donors (Lipinski definition) is 1. The van der Waals surface area contributed by atoms with Gasteiger partial charge in [0.05, 0.1) is 19.8 Å². The van der Waals surface area contributed by atoms with Gasteiger partial charge in [0.25, 0.3) is 0 Å². The van der Waals surface area contributed by atoms with Gasteiger partial charge in [-0.2, -0.15) is 0 Å². The number of aromatic nitrogens is 1. The van der Waals surface area contributed by atoms with Gasteiger partial charge in [0.2, 0.25) is 0 Å². The maximum absolute atomic E-state index is 5.55. The molecule has 17 heavy (non-hydrogen) atoms. The summed E-state index contributed by atoms with van der Waals surface area (Å²) in [5.41, 5.74) is 7.27. The van der Waals surface area contributed by atoms with Crippen LogP contribution in [-0.2, 0) is 0 Å². The third kappa shape index (κ3) is 1.91. The normalized spacial score (nSPS) is 10.3. The molecule has 5 heteroatoms. The van der Waals surface area contributed by atoms with Crippen molar-refractivity contribution in [2.75, 3.05) is 20.0 Å². The number of anilines is 1. The Kier molecular flexibility index (Phi) is 2.91. The molecular formula is C12H14N2O3. The predicted molar refractivity (Wildman–Crippen MR) is 64.2 cm³/mol. The summed E-state index contributed by atoms with van der Waals surface area (Å²) in [4.78, 5) is 0. The molecule has 0 aliphatic rings. The lowest BCUT2D eigenvalue weighted by molar-refractivity contribution is 0.396. The van der Waals surface area contributed by atoms with Gasteiger partial charge >= 0.3 is 0 Å². The van der Waals surface area contributed by atoms with Crippen molar-refractivity contribution >= 4 is 5.82 Å². The monoisotopic (exact) mass is 234 g/mol. The molecule has 2 N–H and O–H groups in total. The van der Waals surface area contributed by atoms with Crippen LogP contribution in [0.4, 0.5) is 5.82 Å². The van der Waals surface area contributed by atoms with Gasteiger partial charge in [0, 0.05) is 11.6 Å². The Morgan fingerprint density at radius 3 is 2.35 bits per heavy atom. The largest absolute Gasteiger partial charge is 0.496 e. The number of ether oxygens (including phenoxy) is 2. The molecule has 0 spiro atoms. The topological polar surface area (TPSA) is 70.5 Å². The lowest BCUT2D eigenvalue weighted by Crippen LogP contribution is -1.94. The second kappa shape index (κ2) is 4.37. The minimum Gasteiger partial charge on any atom is -0.496 e. The number of nitrogen functional groups attached to an aromatic ring is 1. The van der Waals surface area contributed by atoms with E-state index in [1.54, 1.807) is 20.3 Å². The molecule has 0 unspecified atom stereocenters. The van der Waals surface area contributed by atoms with Gasteiger partial charge in [0.1, 0.15) is 11.5 Å². The van der Waals surface area contributed by atoms with Crippen LogP contribution in [0.5, 0.6) is 11.5 Å². The molecule has 0 saturated carbocycles. The first-order valence-electron chi connectivity index (χ1n) is 5.11. The van der Waals surface area contributed by atoms with Crippen LogP contribution in [0.2, 0.25) is 0 Å². The zero-order valence-electron chi connectivity index (χ0n) is 9.98. The molecule has 0 amide bonds. The number of hydrogen-bond acceptors (Lipinski definition) is 5. The highest BCUT2D eigenvalue weighted by atomic mass is 16.5. The van der Waals surface area contributed by atoms with Crippen molar-refractivity contribution < 1.29 is 14.0 Å². The summed E-state index contributed by atoms with van der Waals surface area (Å²) in [6.45, 7) is 1.93. The molecule has 1 heterocycles. The number of benzene rings is 1. The van der Waals surface area contributed by atoms with Crippen LogP contribution in [0, 0.1) is 6.92 Å². The van der Waals surface area contributed by atoms with E-state index in [2.05, 4.69) is 5.16 Å². The first-order chi connectivity index (χ1) is 8.17. The van der Waals surface area contributed by atoms with E-state index >= 15 is 0 Å². The number of nitrogens with two attached hydrogens (primary N) is 1. The summed E-state index contributed by atoms with van der Waals surface area (Å²) in [5, 5.41) is 3.67. The van der Waals surface area contributed by atoms with Gasteiger partial charge in [-0.1, -0.05) is 5.16 Å². The summed E-state index contributed by atoms with van der Waals surface area (Å²) in [6, 6.07) is 5.32. The van der Waals surface area contributed by atoms with Crippen molar-refractivity contribution in [1.82, 2.24) is 5.16 Å². The quantitative estimate of drug-likeness (QED) is 0.881. The molecule has 1 aromatic carbocycles. The molecular weight excluding hydrogens is 220 g/mol. The van der Waals surface area contributed by atoms with E-state index in [4.69, 9.17) is 19.7 Å². The molecule has 0 radical (unpaired) electrons. The van der Waals surface area contributed by atoms with E-state index in [1.807, 2.05) is 19.1 Å². The van der Waals surface area contributed by atoms with Gasteiger partial charge < -0.3 is 19.7 Å². The average Bonchev–Trinajstić information content (AvgIpc) is 2.75. The number of methoxy groups -OCH3 is 2. The van der Waals surface area contributed by atoms with E-state index in [-0.39, 0.29) is 0 Å². The fraction of sp³-hybridized carbons (Fsp3) is 0.250. The SMILES string of the molecule is COc1ccc(OC)c(-c2cc(N)no2)c1C. The summed E-state index contributed by atoms with van der Waals surface area (Å²) in [7, 11) is 3.22. The standard InChI is InChI=1S/C12H14N2O3/c1-7-8(15-2)4-5-9(16-3)12(7)10-6-11(13)14-17-10/h4-6H,1-3H3,(H2,13,14). The summed E-state index contributed by atoms with van der Waals surface area (Å²) >= 11 is 0. The Bertz CT molecular complexity index is 535. The van der Waals surface area contributed by atoms with Gasteiger partial charge in [0.15, 0.2) is 11.6 Å². The fourth-order valence-electron chi connectivity index (χ4n) is 1.77. The Hall–Kier alpha value is -2.17. The van der Waals surface area contributed by atoms with Gasteiger partial charge in [-0.15, -0.1) is 0 Å². The first-order valence-corrected chi connectivity index (χ1v) is 5.11. The van der Waals surface area contributed by atoms with Crippen molar-refractivity contribution in [2.24, 2.45) is 0 Å². The van der Waals surface area contributed by atoms with Crippen molar-refractivity contribution in [1.29, 1.82) is 0 Å². The van der Waals surface area contributed by atoms with Crippen LogP contribution in [0.25, 0.3) is 11.3 Å². The molecule has 0 atom stereocenters. The minimum atomic E-state index is 0.337. The van der Waals surface area contributed by atoms with Crippen LogP contribution in [0.15, 0.2) is 22.7 Å². The van der Waals surface area contributed by atoms with E-state index in [9.17, 15) is 0 Å². The third-order valence-corrected chi connectivity index (χ3v) is 2.59. The molecule has 0 fully saturated rings. The molecule has 90 valence electrons. The van der Waals surface area contributed by atoms with Gasteiger partial charge in [-0.05, 0) is 19.1 Å². The molecule has 2 rings (SSSR count). The van der Waals surface area contributed by atoms with E-state index in [0.717, 1.165) is 16.9 Å². The smallest absolute Gasteiger partial charge is 0.173 e. The molecule has 2 aromatic rings. The van der Waals surface area contributed by atoms with Crippen molar-refractivity contribution in [3.8, 4) is 22.8 Å². The average molecular weight is 234 g/mol. The Balaban J connectivity index is 2.64. The van der Waals surface area contributed by atoms with Crippen LogP contribution >= 0.6 is 0 Å². The Morgan fingerprint density at radius 1 is 1.18 bits per heavy atom. The maximum Gasteiger partial charge on any atom is 0.173 e. The lowest BCUT2D eigenvalue weighted by atomic mass is 10.0. The molecule has 0 saturated heterocycles. The first kappa shape index (κ1) is 11.3. The van der Waals surface area contributed by atoms with Crippen LogP contribution in [0.1, 0.15) is 5.56 Å². The number of nitrogens with zero attached hydrogens (tertiary/aromatic N) is 1. The molecule has 1 aromatic heterocycles. The number of rotatable bonds is 3. The van der Waals surface area contributed by atoms with Gasteiger partial charge in [-0.25, -0.2) is 0 Å².